The van der Waals surface area contributed by atoms with Crippen molar-refractivity contribution in [3.63, 3.8) is 0 Å². The van der Waals surface area contributed by atoms with Crippen molar-refractivity contribution in [1.82, 2.24) is 10.2 Å². The Hall–Kier alpha value is -1.75. The van der Waals surface area contributed by atoms with E-state index in [1.807, 2.05) is 0 Å². The first-order chi connectivity index (χ1) is 8.15. The summed E-state index contributed by atoms with van der Waals surface area (Å²) >= 11 is 5.81. The van der Waals surface area contributed by atoms with Crippen molar-refractivity contribution in [3.05, 3.63) is 40.8 Å². The van der Waals surface area contributed by atoms with Crippen molar-refractivity contribution in [2.75, 3.05) is 12.3 Å². The van der Waals surface area contributed by atoms with E-state index in [0.29, 0.717) is 24.6 Å². The number of aromatic nitrogens is 2. The quantitative estimate of drug-likeness (QED) is 0.882. The number of hydrogen-bond acceptors (Lipinski definition) is 3. The minimum atomic E-state index is -0.385. The lowest BCUT2D eigenvalue weighted by atomic mass is 10.3. The third kappa shape index (κ3) is 3.10. The lowest BCUT2D eigenvalue weighted by Gasteiger charge is -2.06. The number of nitrogens with one attached hydrogen (secondary N) is 1. The fourth-order valence-corrected chi connectivity index (χ4v) is 1.59. The van der Waals surface area contributed by atoms with Gasteiger partial charge in [-0.25, -0.2) is 4.39 Å². The Balaban J connectivity index is 1.90. The van der Waals surface area contributed by atoms with E-state index < -0.39 is 0 Å². The minimum Gasteiger partial charge on any atom is -0.492 e. The van der Waals surface area contributed by atoms with Gasteiger partial charge in [0, 0.05) is 18.2 Å². The van der Waals surface area contributed by atoms with Crippen LogP contribution < -0.4 is 10.5 Å². The molecule has 2 rings (SSSR count). The maximum Gasteiger partial charge on any atom is 0.145 e. The average molecular weight is 256 g/mol. The summed E-state index contributed by atoms with van der Waals surface area (Å²) in [4.78, 5) is 0. The number of rotatable bonds is 4. The first-order valence-corrected chi connectivity index (χ1v) is 5.40. The van der Waals surface area contributed by atoms with Gasteiger partial charge in [-0.2, -0.15) is 5.10 Å². The molecule has 1 heterocycles. The molecule has 2 aromatic rings. The molecule has 0 unspecified atom stereocenters. The Bertz CT molecular complexity index is 515. The molecular formula is C11H11ClFN3O. The van der Waals surface area contributed by atoms with E-state index in [2.05, 4.69) is 10.2 Å². The van der Waals surface area contributed by atoms with Crippen LogP contribution in [0.3, 0.4) is 0 Å². The molecule has 0 radical (unpaired) electrons. The number of aromatic amines is 1. The van der Waals surface area contributed by atoms with E-state index in [0.717, 1.165) is 5.69 Å². The third-order valence-corrected chi connectivity index (χ3v) is 2.47. The fraction of sp³-hybridized carbons (Fsp3) is 0.182. The maximum atomic E-state index is 12.8. The summed E-state index contributed by atoms with van der Waals surface area (Å²) in [5.74, 6) is 0.518. The molecule has 0 aliphatic rings. The number of ether oxygens (including phenoxy) is 1. The first kappa shape index (κ1) is 11.7. The monoisotopic (exact) mass is 255 g/mol. The molecule has 0 bridgehead atoms. The molecule has 0 spiro atoms. The van der Waals surface area contributed by atoms with Crippen LogP contribution in [0.5, 0.6) is 5.75 Å². The number of halogens is 2. The Morgan fingerprint density at radius 3 is 2.88 bits per heavy atom. The molecule has 0 atom stereocenters. The highest BCUT2D eigenvalue weighted by atomic mass is 35.5. The van der Waals surface area contributed by atoms with Crippen molar-refractivity contribution < 1.29 is 9.13 Å². The van der Waals surface area contributed by atoms with Gasteiger partial charge in [0.25, 0.3) is 0 Å². The highest BCUT2D eigenvalue weighted by molar-refractivity contribution is 6.32. The van der Waals surface area contributed by atoms with Gasteiger partial charge in [0.15, 0.2) is 0 Å². The molecule has 0 amide bonds. The number of nitrogen functional groups attached to an aromatic ring is 1. The summed E-state index contributed by atoms with van der Waals surface area (Å²) in [6.07, 6.45) is 0.623. The standard InChI is InChI=1S/C11H11ClFN3O/c12-9-5-7(13)1-2-10(9)17-4-3-8-6-11(14)16-15-8/h1-2,5-6H,3-4H2,(H3,14,15,16). The van der Waals surface area contributed by atoms with Crippen LogP contribution in [-0.2, 0) is 6.42 Å². The van der Waals surface area contributed by atoms with E-state index in [4.69, 9.17) is 22.1 Å². The van der Waals surface area contributed by atoms with Gasteiger partial charge in [0.1, 0.15) is 17.4 Å². The van der Waals surface area contributed by atoms with E-state index >= 15 is 0 Å². The molecule has 0 saturated heterocycles. The first-order valence-electron chi connectivity index (χ1n) is 5.03. The molecule has 0 saturated carbocycles. The summed E-state index contributed by atoms with van der Waals surface area (Å²) in [7, 11) is 0. The average Bonchev–Trinajstić information content (AvgIpc) is 2.68. The highest BCUT2D eigenvalue weighted by Crippen LogP contribution is 2.24. The fourth-order valence-electron chi connectivity index (χ4n) is 1.37. The second kappa shape index (κ2) is 5.05. The number of nitrogens with two attached hydrogens (primary N) is 1. The van der Waals surface area contributed by atoms with Gasteiger partial charge < -0.3 is 10.5 Å². The van der Waals surface area contributed by atoms with Crippen molar-refractivity contribution in [2.24, 2.45) is 0 Å². The number of anilines is 1. The molecule has 4 nitrogen and oxygen atoms in total. The van der Waals surface area contributed by atoms with Gasteiger partial charge in [-0.05, 0) is 18.2 Å². The summed E-state index contributed by atoms with van der Waals surface area (Å²) < 4.78 is 18.2. The van der Waals surface area contributed by atoms with Crippen LogP contribution in [0.15, 0.2) is 24.3 Å². The predicted molar refractivity (Wildman–Crippen MR) is 63.6 cm³/mol. The van der Waals surface area contributed by atoms with Crippen LogP contribution >= 0.6 is 11.6 Å². The smallest absolute Gasteiger partial charge is 0.145 e. The normalized spacial score (nSPS) is 10.5. The summed E-state index contributed by atoms with van der Waals surface area (Å²) in [6.45, 7) is 0.410. The molecule has 90 valence electrons. The number of hydrogen-bond donors (Lipinski definition) is 2. The molecule has 17 heavy (non-hydrogen) atoms. The van der Waals surface area contributed by atoms with Crippen LogP contribution in [0, 0.1) is 5.82 Å². The van der Waals surface area contributed by atoms with Gasteiger partial charge in [-0.15, -0.1) is 0 Å². The lowest BCUT2D eigenvalue weighted by Crippen LogP contribution is -2.02. The summed E-state index contributed by atoms with van der Waals surface area (Å²) in [5.41, 5.74) is 6.33. The predicted octanol–water partition coefficient (Wildman–Crippen LogP) is 2.41. The van der Waals surface area contributed by atoms with E-state index in [-0.39, 0.29) is 10.8 Å². The third-order valence-electron chi connectivity index (χ3n) is 2.17. The lowest BCUT2D eigenvalue weighted by molar-refractivity contribution is 0.320. The van der Waals surface area contributed by atoms with Crippen molar-refractivity contribution in [1.29, 1.82) is 0 Å². The molecule has 0 fully saturated rings. The minimum absolute atomic E-state index is 0.258. The zero-order valence-electron chi connectivity index (χ0n) is 8.91. The van der Waals surface area contributed by atoms with Gasteiger partial charge in [0.2, 0.25) is 0 Å². The second-order valence-corrected chi connectivity index (χ2v) is 3.90. The van der Waals surface area contributed by atoms with Crippen LogP contribution in [0.4, 0.5) is 10.2 Å². The largest absolute Gasteiger partial charge is 0.492 e. The van der Waals surface area contributed by atoms with Crippen LogP contribution in [-0.4, -0.2) is 16.8 Å². The van der Waals surface area contributed by atoms with E-state index in [1.165, 1.54) is 18.2 Å². The van der Waals surface area contributed by atoms with Crippen molar-refractivity contribution >= 4 is 17.4 Å². The zero-order valence-corrected chi connectivity index (χ0v) is 9.67. The molecule has 6 heteroatoms. The molecule has 3 N–H and O–H groups in total. The zero-order chi connectivity index (χ0) is 12.3. The molecule has 0 aliphatic heterocycles. The number of H-pyrrole nitrogens is 1. The summed E-state index contributed by atoms with van der Waals surface area (Å²) in [5, 5.41) is 6.82. The van der Waals surface area contributed by atoms with Crippen LogP contribution in [0.1, 0.15) is 5.69 Å². The Kier molecular flexibility index (Phi) is 3.49. The van der Waals surface area contributed by atoms with Crippen LogP contribution in [0.2, 0.25) is 5.02 Å². The Morgan fingerprint density at radius 2 is 2.24 bits per heavy atom. The van der Waals surface area contributed by atoms with E-state index in [1.54, 1.807) is 6.07 Å². The van der Waals surface area contributed by atoms with Gasteiger partial charge >= 0.3 is 0 Å². The Morgan fingerprint density at radius 1 is 1.41 bits per heavy atom. The van der Waals surface area contributed by atoms with Gasteiger partial charge in [0.05, 0.1) is 11.6 Å². The number of nitrogens with zero attached hydrogens (tertiary/aromatic N) is 1. The van der Waals surface area contributed by atoms with Crippen molar-refractivity contribution in [2.45, 2.75) is 6.42 Å². The van der Waals surface area contributed by atoms with Gasteiger partial charge in [-0.3, -0.25) is 5.10 Å². The SMILES string of the molecule is Nc1cc(CCOc2ccc(F)cc2Cl)[nH]n1. The molecule has 1 aromatic carbocycles. The highest BCUT2D eigenvalue weighted by Gasteiger charge is 2.04. The Labute approximate surface area is 103 Å². The van der Waals surface area contributed by atoms with Crippen LogP contribution in [0.25, 0.3) is 0 Å². The topological polar surface area (TPSA) is 63.9 Å². The number of benzene rings is 1. The summed E-state index contributed by atoms with van der Waals surface area (Å²) in [6, 6.07) is 5.75. The maximum absolute atomic E-state index is 12.8. The second-order valence-electron chi connectivity index (χ2n) is 3.49. The van der Waals surface area contributed by atoms with Crippen molar-refractivity contribution in [3.8, 4) is 5.75 Å². The molecule has 0 aliphatic carbocycles. The molecule has 1 aromatic heterocycles. The molecular weight excluding hydrogens is 245 g/mol. The van der Waals surface area contributed by atoms with Gasteiger partial charge in [-0.1, -0.05) is 11.6 Å². The van der Waals surface area contributed by atoms with E-state index in [9.17, 15) is 4.39 Å².